The first-order chi connectivity index (χ1) is 11.9. The summed E-state index contributed by atoms with van der Waals surface area (Å²) in [5.74, 6) is -0.0101. The van der Waals surface area contributed by atoms with E-state index in [2.05, 4.69) is 5.32 Å². The van der Waals surface area contributed by atoms with Crippen LogP contribution in [-0.4, -0.2) is 61.4 Å². The van der Waals surface area contributed by atoms with E-state index < -0.39 is 10.0 Å². The first kappa shape index (κ1) is 17.9. The van der Waals surface area contributed by atoms with Crippen LogP contribution in [0.4, 0.5) is 5.69 Å². The normalized spacial score (nSPS) is 19.1. The summed E-state index contributed by atoms with van der Waals surface area (Å²) in [5.41, 5.74) is 2.32. The van der Waals surface area contributed by atoms with Gasteiger partial charge in [0.05, 0.1) is 5.75 Å². The second-order valence-electron chi connectivity index (χ2n) is 6.37. The Balaban J connectivity index is 1.72. The van der Waals surface area contributed by atoms with Crippen molar-refractivity contribution in [2.75, 3.05) is 37.2 Å². The summed E-state index contributed by atoms with van der Waals surface area (Å²) < 4.78 is 25.5. The van der Waals surface area contributed by atoms with Gasteiger partial charge in [0.2, 0.25) is 15.9 Å². The Labute approximate surface area is 148 Å². The van der Waals surface area contributed by atoms with Crippen LogP contribution < -0.4 is 5.32 Å². The van der Waals surface area contributed by atoms with Crippen molar-refractivity contribution >= 4 is 27.5 Å². The van der Waals surface area contributed by atoms with E-state index in [1.807, 2.05) is 6.07 Å². The highest BCUT2D eigenvalue weighted by Gasteiger charge is 2.26. The van der Waals surface area contributed by atoms with Crippen molar-refractivity contribution in [3.63, 3.8) is 0 Å². The van der Waals surface area contributed by atoms with E-state index >= 15 is 0 Å². The minimum Gasteiger partial charge on any atom is -0.337 e. The smallest absolute Gasteiger partial charge is 0.253 e. The van der Waals surface area contributed by atoms with Crippen molar-refractivity contribution in [1.29, 1.82) is 0 Å². The van der Waals surface area contributed by atoms with E-state index in [1.165, 1.54) is 4.31 Å². The third kappa shape index (κ3) is 3.85. The molecule has 0 unspecified atom stereocenters. The maximum atomic E-state index is 12.8. The number of fused-ring (bicyclic) bond motifs is 1. The Morgan fingerprint density at radius 1 is 1.16 bits per heavy atom. The van der Waals surface area contributed by atoms with Crippen molar-refractivity contribution in [1.82, 2.24) is 9.21 Å². The van der Waals surface area contributed by atoms with E-state index in [-0.39, 0.29) is 17.6 Å². The fraction of sp³-hybridized carbons (Fsp3) is 0.529. The Morgan fingerprint density at radius 3 is 2.72 bits per heavy atom. The van der Waals surface area contributed by atoms with E-state index in [4.69, 9.17) is 0 Å². The third-order valence-corrected chi connectivity index (χ3v) is 6.63. The maximum absolute atomic E-state index is 12.8. The highest BCUT2D eigenvalue weighted by molar-refractivity contribution is 7.89. The summed E-state index contributed by atoms with van der Waals surface area (Å²) >= 11 is 0. The number of sulfonamides is 1. The Bertz CT molecular complexity index is 791. The lowest BCUT2D eigenvalue weighted by Crippen LogP contribution is -2.38. The molecule has 0 radical (unpaired) electrons. The number of amides is 2. The molecular weight excluding hydrogens is 342 g/mol. The number of nitrogens with zero attached hydrogens (tertiary/aromatic N) is 2. The standard InChI is InChI=1S/C17H23N3O4S/c1-2-25(23,24)20-9-3-8-19(10-11-20)17(22)14-4-6-15-13(12-14)5-7-16(21)18-15/h4,6,12H,2-3,5,7-11H2,1H3,(H,18,21). The maximum Gasteiger partial charge on any atom is 0.253 e. The van der Waals surface area contributed by atoms with Gasteiger partial charge in [-0.1, -0.05) is 0 Å². The van der Waals surface area contributed by atoms with Crippen molar-refractivity contribution in [3.05, 3.63) is 29.3 Å². The van der Waals surface area contributed by atoms with Gasteiger partial charge in [-0.15, -0.1) is 0 Å². The van der Waals surface area contributed by atoms with Gasteiger partial charge < -0.3 is 10.2 Å². The van der Waals surface area contributed by atoms with Crippen molar-refractivity contribution < 1.29 is 18.0 Å². The second kappa shape index (κ2) is 7.13. The molecule has 136 valence electrons. The van der Waals surface area contributed by atoms with Gasteiger partial charge in [-0.25, -0.2) is 12.7 Å². The molecule has 0 spiro atoms. The summed E-state index contributed by atoms with van der Waals surface area (Å²) in [6, 6.07) is 5.33. The molecule has 25 heavy (non-hydrogen) atoms. The molecule has 0 bridgehead atoms. The molecular formula is C17H23N3O4S. The zero-order chi connectivity index (χ0) is 18.0. The van der Waals surface area contributed by atoms with Crippen LogP contribution in [0.25, 0.3) is 0 Å². The van der Waals surface area contributed by atoms with Gasteiger partial charge >= 0.3 is 0 Å². The van der Waals surface area contributed by atoms with Crippen molar-refractivity contribution in [2.45, 2.75) is 26.2 Å². The number of nitrogens with one attached hydrogen (secondary N) is 1. The number of hydrogen-bond acceptors (Lipinski definition) is 4. The van der Waals surface area contributed by atoms with Gasteiger partial charge in [0.25, 0.3) is 5.91 Å². The fourth-order valence-electron chi connectivity index (χ4n) is 3.26. The molecule has 1 N–H and O–H groups in total. The van der Waals surface area contributed by atoms with Crippen LogP contribution in [0.2, 0.25) is 0 Å². The van der Waals surface area contributed by atoms with E-state index in [0.717, 1.165) is 11.3 Å². The minimum atomic E-state index is -3.22. The zero-order valence-corrected chi connectivity index (χ0v) is 15.1. The predicted octanol–water partition coefficient (Wildman–Crippen LogP) is 1.07. The molecule has 2 aliphatic heterocycles. The van der Waals surface area contributed by atoms with E-state index in [1.54, 1.807) is 24.0 Å². The molecule has 1 aromatic carbocycles. The van der Waals surface area contributed by atoms with Gasteiger partial charge in [-0.3, -0.25) is 9.59 Å². The average Bonchev–Trinajstić information content (AvgIpc) is 2.87. The fourth-order valence-corrected chi connectivity index (χ4v) is 4.39. The molecule has 2 amide bonds. The van der Waals surface area contributed by atoms with Gasteiger partial charge in [0, 0.05) is 43.9 Å². The highest BCUT2D eigenvalue weighted by Crippen LogP contribution is 2.24. The molecule has 2 heterocycles. The molecule has 1 fully saturated rings. The molecule has 0 atom stereocenters. The number of benzene rings is 1. The second-order valence-corrected chi connectivity index (χ2v) is 8.62. The Hall–Kier alpha value is -1.93. The van der Waals surface area contributed by atoms with Gasteiger partial charge in [-0.2, -0.15) is 0 Å². The number of carbonyl (C=O) groups is 2. The lowest BCUT2D eigenvalue weighted by Gasteiger charge is -2.23. The number of carbonyl (C=O) groups excluding carboxylic acids is 2. The summed E-state index contributed by atoms with van der Waals surface area (Å²) in [6.45, 7) is 3.36. The topological polar surface area (TPSA) is 86.8 Å². The van der Waals surface area contributed by atoms with E-state index in [0.29, 0.717) is 51.0 Å². The Kier molecular flexibility index (Phi) is 5.10. The number of anilines is 1. The lowest BCUT2D eigenvalue weighted by molar-refractivity contribution is -0.116. The van der Waals surface area contributed by atoms with Crippen LogP contribution in [-0.2, 0) is 21.2 Å². The van der Waals surface area contributed by atoms with Crippen LogP contribution in [0.1, 0.15) is 35.7 Å². The summed E-state index contributed by atoms with van der Waals surface area (Å²) in [5, 5.41) is 2.81. The molecule has 3 rings (SSSR count). The van der Waals surface area contributed by atoms with Crippen LogP contribution in [0.5, 0.6) is 0 Å². The summed E-state index contributed by atoms with van der Waals surface area (Å²) in [6.07, 6.45) is 1.69. The van der Waals surface area contributed by atoms with Crippen LogP contribution in [0.15, 0.2) is 18.2 Å². The van der Waals surface area contributed by atoms with Gasteiger partial charge in [-0.05, 0) is 43.5 Å². The van der Waals surface area contributed by atoms with Crippen LogP contribution in [0, 0.1) is 0 Å². The SMILES string of the molecule is CCS(=O)(=O)N1CCCN(C(=O)c2ccc3c(c2)CCC(=O)N3)CC1. The minimum absolute atomic E-state index is 0.00341. The number of rotatable bonds is 3. The highest BCUT2D eigenvalue weighted by atomic mass is 32.2. The largest absolute Gasteiger partial charge is 0.337 e. The molecule has 2 aliphatic rings. The average molecular weight is 365 g/mol. The molecule has 0 saturated carbocycles. The first-order valence-corrected chi connectivity index (χ1v) is 10.2. The quantitative estimate of drug-likeness (QED) is 0.868. The molecule has 1 aromatic rings. The summed E-state index contributed by atoms with van der Waals surface area (Å²) in [7, 11) is -3.22. The number of aryl methyl sites for hydroxylation is 1. The molecule has 8 heteroatoms. The molecule has 7 nitrogen and oxygen atoms in total. The van der Waals surface area contributed by atoms with Crippen molar-refractivity contribution in [2.24, 2.45) is 0 Å². The van der Waals surface area contributed by atoms with Gasteiger partial charge in [0.1, 0.15) is 0 Å². The lowest BCUT2D eigenvalue weighted by atomic mass is 10.00. The first-order valence-electron chi connectivity index (χ1n) is 8.60. The zero-order valence-electron chi connectivity index (χ0n) is 14.3. The predicted molar refractivity (Wildman–Crippen MR) is 94.9 cm³/mol. The third-order valence-electron chi connectivity index (χ3n) is 4.75. The molecule has 0 aromatic heterocycles. The number of hydrogen-bond donors (Lipinski definition) is 1. The van der Waals surface area contributed by atoms with Gasteiger partial charge in [0.15, 0.2) is 0 Å². The molecule has 1 saturated heterocycles. The van der Waals surface area contributed by atoms with Crippen LogP contribution in [0.3, 0.4) is 0 Å². The molecule has 0 aliphatic carbocycles. The van der Waals surface area contributed by atoms with Crippen molar-refractivity contribution in [3.8, 4) is 0 Å². The van der Waals surface area contributed by atoms with Crippen LogP contribution >= 0.6 is 0 Å². The monoisotopic (exact) mass is 365 g/mol. The Morgan fingerprint density at radius 2 is 1.96 bits per heavy atom. The van der Waals surface area contributed by atoms with E-state index in [9.17, 15) is 18.0 Å². The summed E-state index contributed by atoms with van der Waals surface area (Å²) in [4.78, 5) is 25.9.